The largest absolute Gasteiger partial charge is 0.445 e. The van der Waals surface area contributed by atoms with Crippen molar-refractivity contribution in [2.75, 3.05) is 6.61 Å². The minimum atomic E-state index is -1.21. The Balaban J connectivity index is 1.81. The highest BCUT2D eigenvalue weighted by molar-refractivity contribution is 5.92. The zero-order valence-corrected chi connectivity index (χ0v) is 31.3. The summed E-state index contributed by atoms with van der Waals surface area (Å²) in [6, 6.07) is 19.5. The van der Waals surface area contributed by atoms with Gasteiger partial charge in [0.25, 0.3) is 0 Å². The molecule has 0 spiro atoms. The minimum absolute atomic E-state index is 0.0203. The number of amides is 4. The molecular formula is C41H58N4O7. The van der Waals surface area contributed by atoms with E-state index in [1.165, 1.54) is 0 Å². The maximum atomic E-state index is 14.1. The van der Waals surface area contributed by atoms with Crippen LogP contribution in [0.4, 0.5) is 4.79 Å². The molecule has 7 atom stereocenters. The van der Waals surface area contributed by atoms with E-state index in [2.05, 4.69) is 21.3 Å². The number of aliphatic hydroxyl groups excluding tert-OH is 2. The van der Waals surface area contributed by atoms with Crippen molar-refractivity contribution in [3.8, 4) is 0 Å². The van der Waals surface area contributed by atoms with E-state index in [-0.39, 0.29) is 37.9 Å². The Morgan fingerprint density at radius 2 is 1.40 bits per heavy atom. The first-order valence-corrected chi connectivity index (χ1v) is 18.6. The van der Waals surface area contributed by atoms with E-state index in [0.717, 1.165) is 34.7 Å². The van der Waals surface area contributed by atoms with Crippen molar-refractivity contribution in [1.29, 1.82) is 0 Å². The average Bonchev–Trinajstić information content (AvgIpc) is 3.16. The van der Waals surface area contributed by atoms with E-state index in [0.29, 0.717) is 19.3 Å². The topological polar surface area (TPSA) is 166 Å². The van der Waals surface area contributed by atoms with Gasteiger partial charge in [0.15, 0.2) is 0 Å². The molecule has 0 bridgehead atoms. The van der Waals surface area contributed by atoms with Crippen LogP contribution in [0.1, 0.15) is 84.3 Å². The second-order valence-electron chi connectivity index (χ2n) is 13.7. The first kappa shape index (κ1) is 41.9. The summed E-state index contributed by atoms with van der Waals surface area (Å²) in [7, 11) is 0. The molecule has 11 nitrogen and oxygen atoms in total. The van der Waals surface area contributed by atoms with Gasteiger partial charge in [-0.05, 0) is 40.2 Å². The Morgan fingerprint density at radius 1 is 0.750 bits per heavy atom. The highest BCUT2D eigenvalue weighted by Gasteiger charge is 2.33. The summed E-state index contributed by atoms with van der Waals surface area (Å²) in [5, 5.41) is 34.3. The normalized spacial score (nSPS) is 15.3. The summed E-state index contributed by atoms with van der Waals surface area (Å²) < 4.78 is 5.47. The van der Waals surface area contributed by atoms with Gasteiger partial charge in [-0.1, -0.05) is 133 Å². The third kappa shape index (κ3) is 12.9. The summed E-state index contributed by atoms with van der Waals surface area (Å²) in [5.41, 5.74) is 1.63. The van der Waals surface area contributed by atoms with Crippen molar-refractivity contribution >= 4 is 34.6 Å². The molecule has 0 aliphatic rings. The molecule has 0 saturated carbocycles. The molecule has 11 heteroatoms. The molecule has 3 rings (SSSR count). The second kappa shape index (κ2) is 21.8. The van der Waals surface area contributed by atoms with Crippen molar-refractivity contribution < 1.29 is 34.1 Å². The molecule has 284 valence electrons. The second-order valence-corrected chi connectivity index (χ2v) is 13.7. The zero-order valence-electron chi connectivity index (χ0n) is 31.3. The number of unbranched alkanes of at least 4 members (excludes halogenated alkanes) is 1. The van der Waals surface area contributed by atoms with E-state index in [1.807, 2.05) is 107 Å². The number of fused-ring (bicyclic) bond motifs is 1. The maximum Gasteiger partial charge on any atom is 0.408 e. The van der Waals surface area contributed by atoms with Crippen LogP contribution in [0.2, 0.25) is 0 Å². The number of carbonyl (C=O) groups is 4. The lowest BCUT2D eigenvalue weighted by Gasteiger charge is -2.31. The fourth-order valence-corrected chi connectivity index (χ4v) is 6.13. The van der Waals surface area contributed by atoms with Gasteiger partial charge in [-0.2, -0.15) is 0 Å². The predicted molar refractivity (Wildman–Crippen MR) is 203 cm³/mol. The SMILES string of the molecule is CCCC[C@H](NC(=O)[C@H](Cc1cccc2ccccc12)NC(=O)OCc1ccccc1)C(=O)NC(C(C)CC)C(O)CC(=O)N[C@H](CO)C(C)CC. The van der Waals surface area contributed by atoms with E-state index in [1.54, 1.807) is 0 Å². The molecule has 3 aromatic rings. The third-order valence-corrected chi connectivity index (χ3v) is 9.85. The van der Waals surface area contributed by atoms with Gasteiger partial charge in [0.05, 0.1) is 31.2 Å². The number of hydrogen-bond acceptors (Lipinski definition) is 7. The van der Waals surface area contributed by atoms with Crippen LogP contribution in [0.5, 0.6) is 0 Å². The number of hydrogen-bond donors (Lipinski definition) is 6. The van der Waals surface area contributed by atoms with E-state index < -0.39 is 54.1 Å². The van der Waals surface area contributed by atoms with Crippen LogP contribution >= 0.6 is 0 Å². The average molecular weight is 719 g/mol. The van der Waals surface area contributed by atoms with Gasteiger partial charge in [0.1, 0.15) is 18.7 Å². The lowest BCUT2D eigenvalue weighted by atomic mass is 9.91. The molecule has 0 aliphatic heterocycles. The Labute approximate surface area is 308 Å². The quantitative estimate of drug-likeness (QED) is 0.0886. The molecule has 0 radical (unpaired) electrons. The summed E-state index contributed by atoms with van der Waals surface area (Å²) >= 11 is 0. The van der Waals surface area contributed by atoms with Crippen LogP contribution in [0.25, 0.3) is 10.8 Å². The van der Waals surface area contributed by atoms with E-state index >= 15 is 0 Å². The molecule has 0 fully saturated rings. The Morgan fingerprint density at radius 3 is 2.08 bits per heavy atom. The summed E-state index contributed by atoms with van der Waals surface area (Å²) in [6.45, 7) is 9.49. The number of ether oxygens (including phenoxy) is 1. The fraction of sp³-hybridized carbons (Fsp3) is 0.512. The zero-order chi connectivity index (χ0) is 38.0. The molecule has 4 unspecified atom stereocenters. The smallest absolute Gasteiger partial charge is 0.408 e. The summed E-state index contributed by atoms with van der Waals surface area (Å²) in [6.07, 6.45) is 0.998. The molecule has 4 amide bonds. The van der Waals surface area contributed by atoms with Gasteiger partial charge >= 0.3 is 6.09 Å². The van der Waals surface area contributed by atoms with E-state index in [4.69, 9.17) is 4.74 Å². The Hall–Kier alpha value is -4.48. The van der Waals surface area contributed by atoms with Crippen LogP contribution in [0, 0.1) is 11.8 Å². The van der Waals surface area contributed by atoms with Gasteiger partial charge in [-0.25, -0.2) is 4.79 Å². The van der Waals surface area contributed by atoms with Crippen molar-refractivity contribution in [1.82, 2.24) is 21.3 Å². The molecular weight excluding hydrogens is 660 g/mol. The molecule has 0 saturated heterocycles. The van der Waals surface area contributed by atoms with Crippen molar-refractivity contribution in [3.63, 3.8) is 0 Å². The highest BCUT2D eigenvalue weighted by atomic mass is 16.5. The van der Waals surface area contributed by atoms with Crippen molar-refractivity contribution in [2.24, 2.45) is 11.8 Å². The lowest BCUT2D eigenvalue weighted by Crippen LogP contribution is -2.58. The standard InChI is InChI=1S/C41H58N4O7/c1-6-9-22-33(39(49)45-38(28(5)8-3)36(47)24-37(48)42-35(25-46)27(4)7-2)43-40(50)34(44-41(51)52-26-29-16-11-10-12-17-29)23-31-20-15-19-30-18-13-14-21-32(30)31/h10-21,27-28,33-36,38,46-47H,6-9,22-26H2,1-5H3,(H,42,48)(H,43,50)(H,44,51)(H,45,49)/t27?,28?,33-,34-,35+,36?,38?/m0/s1. The first-order chi connectivity index (χ1) is 25.0. The van der Waals surface area contributed by atoms with Crippen molar-refractivity contribution in [3.05, 3.63) is 83.9 Å². The van der Waals surface area contributed by atoms with Gasteiger partial charge in [-0.15, -0.1) is 0 Å². The third-order valence-electron chi connectivity index (χ3n) is 9.85. The van der Waals surface area contributed by atoms with Crippen molar-refractivity contribution in [2.45, 2.75) is 116 Å². The number of carbonyl (C=O) groups excluding carboxylic acids is 4. The van der Waals surface area contributed by atoms with Crippen LogP contribution in [0.15, 0.2) is 72.8 Å². The van der Waals surface area contributed by atoms with Gasteiger partial charge in [0, 0.05) is 6.42 Å². The number of benzene rings is 3. The number of aliphatic hydroxyl groups is 2. The fourth-order valence-electron chi connectivity index (χ4n) is 6.13. The van der Waals surface area contributed by atoms with E-state index in [9.17, 15) is 29.4 Å². The molecule has 6 N–H and O–H groups in total. The van der Waals surface area contributed by atoms with Crippen LogP contribution in [-0.4, -0.2) is 70.9 Å². The molecule has 3 aromatic carbocycles. The van der Waals surface area contributed by atoms with Crippen LogP contribution in [0.3, 0.4) is 0 Å². The van der Waals surface area contributed by atoms with Crippen LogP contribution in [-0.2, 0) is 32.1 Å². The lowest BCUT2D eigenvalue weighted by molar-refractivity contribution is -0.132. The Kier molecular flexibility index (Phi) is 17.6. The molecule has 52 heavy (non-hydrogen) atoms. The summed E-state index contributed by atoms with van der Waals surface area (Å²) in [4.78, 5) is 53.9. The van der Waals surface area contributed by atoms with Gasteiger partial charge in [0.2, 0.25) is 17.7 Å². The molecule has 0 heterocycles. The number of nitrogens with one attached hydrogen (secondary N) is 4. The monoisotopic (exact) mass is 718 g/mol. The molecule has 0 aliphatic carbocycles. The number of rotatable bonds is 21. The maximum absolute atomic E-state index is 14.1. The van der Waals surface area contributed by atoms with Crippen LogP contribution < -0.4 is 21.3 Å². The van der Waals surface area contributed by atoms with Gasteiger partial charge < -0.3 is 36.2 Å². The minimum Gasteiger partial charge on any atom is -0.445 e. The summed E-state index contributed by atoms with van der Waals surface area (Å²) in [5.74, 6) is -1.62. The highest BCUT2D eigenvalue weighted by Crippen LogP contribution is 2.21. The number of alkyl carbamates (subject to hydrolysis) is 1. The predicted octanol–water partition coefficient (Wildman–Crippen LogP) is 5.16. The first-order valence-electron chi connectivity index (χ1n) is 18.6. The molecule has 0 aromatic heterocycles. The van der Waals surface area contributed by atoms with Gasteiger partial charge in [-0.3, -0.25) is 14.4 Å². The Bertz CT molecular complexity index is 1560.